The molecule has 39 valence electrons. The first-order chi connectivity index (χ1) is 3.93. The number of hydrogen-bond donors (Lipinski definition) is 0. The Kier molecular flexibility index (Phi) is 2.14. The van der Waals surface area contributed by atoms with E-state index in [1.165, 1.54) is 10.8 Å². The third-order valence-corrected chi connectivity index (χ3v) is 1.71. The molecule has 1 rings (SSSR count). The second kappa shape index (κ2) is 2.92. The second-order valence-electron chi connectivity index (χ2n) is 1.74. The van der Waals surface area contributed by atoms with Gasteiger partial charge in [0.1, 0.15) is 0 Å². The standard InChI is InChI=1S/C7H7.Al.H/c1-7-5-3-2-4-6-7;;/h2-6H,1H2;;. The van der Waals surface area contributed by atoms with Crippen LogP contribution in [0.25, 0.3) is 0 Å². The maximum Gasteiger partial charge on any atom is 0.180 e. The van der Waals surface area contributed by atoms with Crippen molar-refractivity contribution in [3.05, 3.63) is 35.9 Å². The first-order valence-corrected chi connectivity index (χ1v) is 3.76. The molecule has 0 bridgehead atoms. The highest BCUT2D eigenvalue weighted by atomic mass is 27.0. The van der Waals surface area contributed by atoms with Crippen molar-refractivity contribution in [3.63, 3.8) is 0 Å². The van der Waals surface area contributed by atoms with Crippen molar-refractivity contribution in [1.29, 1.82) is 0 Å². The summed E-state index contributed by atoms with van der Waals surface area (Å²) in [6.45, 7) is 0. The van der Waals surface area contributed by atoms with Crippen LogP contribution in [0.3, 0.4) is 0 Å². The van der Waals surface area contributed by atoms with Crippen molar-refractivity contribution in [1.82, 2.24) is 0 Å². The van der Waals surface area contributed by atoms with Crippen molar-refractivity contribution in [2.45, 2.75) is 5.28 Å². The van der Waals surface area contributed by atoms with Crippen LogP contribution in [0.4, 0.5) is 0 Å². The molecule has 1 aromatic rings. The minimum Gasteiger partial charge on any atom is -0.0854 e. The van der Waals surface area contributed by atoms with E-state index >= 15 is 0 Å². The number of benzene rings is 1. The van der Waals surface area contributed by atoms with E-state index in [1.54, 1.807) is 0 Å². The molecule has 0 saturated carbocycles. The van der Waals surface area contributed by atoms with Gasteiger partial charge in [-0.3, -0.25) is 0 Å². The van der Waals surface area contributed by atoms with E-state index in [4.69, 9.17) is 0 Å². The van der Waals surface area contributed by atoms with Gasteiger partial charge in [-0.1, -0.05) is 41.2 Å². The lowest BCUT2D eigenvalue weighted by Crippen LogP contribution is -1.78. The van der Waals surface area contributed by atoms with Crippen LogP contribution < -0.4 is 0 Å². The van der Waals surface area contributed by atoms with Crippen molar-refractivity contribution < 1.29 is 0 Å². The Morgan fingerprint density at radius 3 is 2.12 bits per heavy atom. The van der Waals surface area contributed by atoms with Gasteiger partial charge in [0.15, 0.2) is 16.3 Å². The lowest BCUT2D eigenvalue weighted by atomic mass is 10.2. The molecule has 0 aliphatic heterocycles. The topological polar surface area (TPSA) is 0 Å². The van der Waals surface area contributed by atoms with Crippen molar-refractivity contribution in [2.75, 3.05) is 0 Å². The summed E-state index contributed by atoms with van der Waals surface area (Å²) in [5.74, 6) is 0. The molecule has 0 fully saturated rings. The summed E-state index contributed by atoms with van der Waals surface area (Å²) in [6, 6.07) is 10.5. The molecule has 0 aliphatic carbocycles. The summed E-state index contributed by atoms with van der Waals surface area (Å²) in [5.41, 5.74) is 1.42. The molecule has 0 amide bonds. The van der Waals surface area contributed by atoms with Crippen LogP contribution in [-0.2, 0) is 5.28 Å². The van der Waals surface area contributed by atoms with Gasteiger partial charge >= 0.3 is 0 Å². The Morgan fingerprint density at radius 2 is 1.75 bits per heavy atom. The predicted molar refractivity (Wildman–Crippen MR) is 37.3 cm³/mol. The molecule has 1 heteroatoms. The molecule has 0 atom stereocenters. The van der Waals surface area contributed by atoms with Gasteiger partial charge in [0.2, 0.25) is 0 Å². The van der Waals surface area contributed by atoms with E-state index in [0.717, 1.165) is 0 Å². The number of rotatable bonds is 1. The zero-order valence-corrected chi connectivity index (χ0v) is 6.22. The number of hydrogen-bond acceptors (Lipinski definition) is 0. The molecular weight excluding hydrogens is 111 g/mol. The van der Waals surface area contributed by atoms with Gasteiger partial charge in [-0.25, -0.2) is 0 Å². The second-order valence-corrected chi connectivity index (χ2v) is 2.24. The molecule has 0 N–H and O–H groups in total. The van der Waals surface area contributed by atoms with E-state index in [2.05, 4.69) is 24.3 Å². The fraction of sp³-hybridized carbons (Fsp3) is 0.143. The fourth-order valence-electron chi connectivity index (χ4n) is 0.645. The highest BCUT2D eigenvalue weighted by molar-refractivity contribution is 6.08. The zero-order chi connectivity index (χ0) is 5.82. The van der Waals surface area contributed by atoms with Crippen LogP contribution in [0.1, 0.15) is 5.56 Å². The van der Waals surface area contributed by atoms with E-state index in [0.29, 0.717) is 0 Å². The SMILES string of the molecule is [AlH][CH2]c1ccccc1. The first-order valence-electron chi connectivity index (χ1n) is 2.76. The highest BCUT2D eigenvalue weighted by Crippen LogP contribution is 1.95. The minimum atomic E-state index is 1.17. The molecule has 0 nitrogen and oxygen atoms in total. The summed E-state index contributed by atoms with van der Waals surface area (Å²) in [4.78, 5) is 0. The van der Waals surface area contributed by atoms with Crippen LogP contribution in [-0.4, -0.2) is 16.3 Å². The Hall–Kier alpha value is -0.248. The van der Waals surface area contributed by atoms with Gasteiger partial charge in [-0.15, -0.1) is 0 Å². The Morgan fingerprint density at radius 1 is 1.12 bits per heavy atom. The zero-order valence-electron chi connectivity index (χ0n) is 4.80. The largest absolute Gasteiger partial charge is 0.180 e. The lowest BCUT2D eigenvalue weighted by Gasteiger charge is -1.89. The summed E-state index contributed by atoms with van der Waals surface area (Å²) < 4.78 is 0. The average molecular weight is 119 g/mol. The maximum atomic E-state index is 2.15. The third-order valence-electron chi connectivity index (χ3n) is 1.13. The van der Waals surface area contributed by atoms with Crippen LogP contribution in [0.2, 0.25) is 0 Å². The highest BCUT2D eigenvalue weighted by Gasteiger charge is 1.79. The molecule has 0 unspecified atom stereocenters. The summed E-state index contributed by atoms with van der Waals surface area (Å²) in [6.07, 6.45) is 0. The summed E-state index contributed by atoms with van der Waals surface area (Å²) in [5, 5.41) is 1.17. The molecule has 1 radical (unpaired) electrons. The van der Waals surface area contributed by atoms with Crippen molar-refractivity contribution >= 4 is 16.3 Å². The van der Waals surface area contributed by atoms with Crippen LogP contribution in [0, 0.1) is 0 Å². The predicted octanol–water partition coefficient (Wildman–Crippen LogP) is 1.09. The van der Waals surface area contributed by atoms with E-state index in [1.807, 2.05) is 22.4 Å². The Bertz CT molecular complexity index is 146. The van der Waals surface area contributed by atoms with Crippen LogP contribution in [0.5, 0.6) is 0 Å². The quantitative estimate of drug-likeness (QED) is 0.485. The average Bonchev–Trinajstić information content (AvgIpc) is 1.90. The third kappa shape index (κ3) is 1.37. The van der Waals surface area contributed by atoms with Crippen molar-refractivity contribution in [2.24, 2.45) is 0 Å². The van der Waals surface area contributed by atoms with Gasteiger partial charge in [0.25, 0.3) is 0 Å². The van der Waals surface area contributed by atoms with E-state index in [-0.39, 0.29) is 0 Å². The molecule has 0 saturated heterocycles. The van der Waals surface area contributed by atoms with Gasteiger partial charge in [0, 0.05) is 0 Å². The first kappa shape index (κ1) is 5.88. The van der Waals surface area contributed by atoms with E-state index < -0.39 is 0 Å². The molecule has 8 heavy (non-hydrogen) atoms. The summed E-state index contributed by atoms with van der Waals surface area (Å²) in [7, 11) is 0. The molecule has 0 aromatic heterocycles. The summed E-state index contributed by atoms with van der Waals surface area (Å²) >= 11 is 1.98. The molecule has 0 spiro atoms. The van der Waals surface area contributed by atoms with Gasteiger partial charge in [-0.05, 0) is 0 Å². The maximum absolute atomic E-state index is 2.15. The smallest absolute Gasteiger partial charge is 0.0854 e. The molecule has 1 aromatic carbocycles. The van der Waals surface area contributed by atoms with Gasteiger partial charge < -0.3 is 0 Å². The fourth-order valence-corrected chi connectivity index (χ4v) is 0.978. The van der Waals surface area contributed by atoms with Gasteiger partial charge in [0.05, 0.1) is 0 Å². The Labute approximate surface area is 58.0 Å². The van der Waals surface area contributed by atoms with Crippen molar-refractivity contribution in [3.8, 4) is 0 Å². The minimum absolute atomic E-state index is 1.17. The molecule has 0 heterocycles. The van der Waals surface area contributed by atoms with Crippen LogP contribution in [0.15, 0.2) is 30.3 Å². The molecular formula is C7H8Al. The van der Waals surface area contributed by atoms with E-state index in [9.17, 15) is 0 Å². The monoisotopic (exact) mass is 119 g/mol. The van der Waals surface area contributed by atoms with Gasteiger partial charge in [-0.2, -0.15) is 0 Å². The molecule has 0 aliphatic rings. The normalized spacial score (nSPS) is 9.00. The lowest BCUT2D eigenvalue weighted by molar-refractivity contribution is 1.40. The Balaban J connectivity index is 2.83. The van der Waals surface area contributed by atoms with Crippen LogP contribution >= 0.6 is 0 Å².